The minimum absolute atomic E-state index is 0.956. The monoisotopic (exact) mass is 244 g/mol. The number of methoxy groups -OCH3 is 2. The summed E-state index contributed by atoms with van der Waals surface area (Å²) in [5.41, 5.74) is 2.36. The van der Waals surface area contributed by atoms with Gasteiger partial charge in [-0.25, -0.2) is 0 Å². The minimum atomic E-state index is 0.956. The SMILES string of the molecule is COc1ccccc1C.COc1ccccc1C. The van der Waals surface area contributed by atoms with Crippen LogP contribution in [0.15, 0.2) is 48.5 Å². The van der Waals surface area contributed by atoms with Crippen LogP contribution in [0.5, 0.6) is 11.5 Å². The summed E-state index contributed by atoms with van der Waals surface area (Å²) in [5, 5.41) is 0. The van der Waals surface area contributed by atoms with Crippen molar-refractivity contribution in [1.29, 1.82) is 0 Å². The molecule has 0 fully saturated rings. The standard InChI is InChI=1S/2C8H10O/c2*1-7-5-3-4-6-8(7)9-2/h2*3-6H,1-2H3. The summed E-state index contributed by atoms with van der Waals surface area (Å²) in [5.74, 6) is 1.91. The molecule has 2 aromatic carbocycles. The molecule has 0 saturated carbocycles. The molecule has 0 heterocycles. The van der Waals surface area contributed by atoms with Crippen LogP contribution in [0.2, 0.25) is 0 Å². The zero-order valence-corrected chi connectivity index (χ0v) is 11.4. The van der Waals surface area contributed by atoms with E-state index in [2.05, 4.69) is 0 Å². The third-order valence-corrected chi connectivity index (χ3v) is 2.63. The van der Waals surface area contributed by atoms with E-state index in [0.29, 0.717) is 0 Å². The molecule has 0 aliphatic carbocycles. The van der Waals surface area contributed by atoms with Gasteiger partial charge in [0.15, 0.2) is 0 Å². The number of benzene rings is 2. The summed E-state index contributed by atoms with van der Waals surface area (Å²) in [6, 6.07) is 15.9. The first-order valence-corrected chi connectivity index (χ1v) is 5.88. The Morgan fingerprint density at radius 3 is 1.17 bits per heavy atom. The summed E-state index contributed by atoms with van der Waals surface area (Å²) in [6.07, 6.45) is 0. The Morgan fingerprint density at radius 2 is 0.944 bits per heavy atom. The van der Waals surface area contributed by atoms with Crippen molar-refractivity contribution in [3.63, 3.8) is 0 Å². The molecule has 0 radical (unpaired) electrons. The van der Waals surface area contributed by atoms with Crippen molar-refractivity contribution in [3.8, 4) is 11.5 Å². The van der Waals surface area contributed by atoms with Crippen LogP contribution < -0.4 is 9.47 Å². The summed E-state index contributed by atoms with van der Waals surface area (Å²) in [4.78, 5) is 0. The number of ether oxygens (including phenoxy) is 2. The first-order valence-electron chi connectivity index (χ1n) is 5.88. The third-order valence-electron chi connectivity index (χ3n) is 2.63. The molecule has 0 spiro atoms. The van der Waals surface area contributed by atoms with E-state index < -0.39 is 0 Å². The molecule has 0 unspecified atom stereocenters. The van der Waals surface area contributed by atoms with Gasteiger partial charge < -0.3 is 9.47 Å². The Labute approximate surface area is 109 Å². The fourth-order valence-electron chi connectivity index (χ4n) is 1.57. The maximum absolute atomic E-state index is 5.04. The Balaban J connectivity index is 0.000000180. The van der Waals surface area contributed by atoms with E-state index in [0.717, 1.165) is 11.5 Å². The first kappa shape index (κ1) is 14.1. The van der Waals surface area contributed by atoms with E-state index >= 15 is 0 Å². The first-order chi connectivity index (χ1) is 8.69. The Kier molecular flexibility index (Phi) is 5.78. The highest BCUT2D eigenvalue weighted by atomic mass is 16.5. The van der Waals surface area contributed by atoms with Crippen LogP contribution in [0.4, 0.5) is 0 Å². The van der Waals surface area contributed by atoms with Crippen molar-refractivity contribution < 1.29 is 9.47 Å². The maximum atomic E-state index is 5.04. The van der Waals surface area contributed by atoms with Gasteiger partial charge in [-0.2, -0.15) is 0 Å². The Hall–Kier alpha value is -1.96. The van der Waals surface area contributed by atoms with Crippen LogP contribution >= 0.6 is 0 Å². The Bertz CT molecular complexity index is 433. The largest absolute Gasteiger partial charge is 0.496 e. The van der Waals surface area contributed by atoms with Crippen molar-refractivity contribution in [2.24, 2.45) is 0 Å². The van der Waals surface area contributed by atoms with Crippen molar-refractivity contribution in [2.75, 3.05) is 14.2 Å². The molecule has 0 amide bonds. The molecule has 0 N–H and O–H groups in total. The Morgan fingerprint density at radius 1 is 0.611 bits per heavy atom. The molecule has 0 aromatic heterocycles. The van der Waals surface area contributed by atoms with E-state index in [-0.39, 0.29) is 0 Å². The second-order valence-corrected chi connectivity index (χ2v) is 3.94. The smallest absolute Gasteiger partial charge is 0.121 e. The molecule has 0 atom stereocenters. The lowest BCUT2D eigenvalue weighted by Crippen LogP contribution is -1.84. The van der Waals surface area contributed by atoms with Crippen LogP contribution in [0.3, 0.4) is 0 Å². The van der Waals surface area contributed by atoms with Crippen LogP contribution in [0.1, 0.15) is 11.1 Å². The fraction of sp³-hybridized carbons (Fsp3) is 0.250. The predicted octanol–water partition coefficient (Wildman–Crippen LogP) is 4.01. The average Bonchev–Trinajstić information content (AvgIpc) is 2.41. The van der Waals surface area contributed by atoms with Gasteiger partial charge in [0.25, 0.3) is 0 Å². The van der Waals surface area contributed by atoms with E-state index in [1.807, 2.05) is 62.4 Å². The van der Waals surface area contributed by atoms with Crippen molar-refractivity contribution in [2.45, 2.75) is 13.8 Å². The number of para-hydroxylation sites is 2. The number of hydrogen-bond donors (Lipinski definition) is 0. The molecule has 2 nitrogen and oxygen atoms in total. The fourth-order valence-corrected chi connectivity index (χ4v) is 1.57. The molecular formula is C16H20O2. The number of rotatable bonds is 2. The highest BCUT2D eigenvalue weighted by molar-refractivity contribution is 5.32. The zero-order chi connectivity index (χ0) is 13.4. The second kappa shape index (κ2) is 7.38. The second-order valence-electron chi connectivity index (χ2n) is 3.94. The molecule has 0 saturated heterocycles. The lowest BCUT2D eigenvalue weighted by atomic mass is 10.2. The molecular weight excluding hydrogens is 224 g/mol. The number of aryl methyl sites for hydroxylation is 2. The van der Waals surface area contributed by atoms with Gasteiger partial charge in [-0.05, 0) is 37.1 Å². The van der Waals surface area contributed by atoms with Crippen LogP contribution in [0.25, 0.3) is 0 Å². The number of hydrogen-bond acceptors (Lipinski definition) is 2. The molecule has 2 heteroatoms. The summed E-state index contributed by atoms with van der Waals surface area (Å²) in [7, 11) is 3.37. The van der Waals surface area contributed by atoms with Gasteiger partial charge >= 0.3 is 0 Å². The van der Waals surface area contributed by atoms with Gasteiger partial charge in [0.2, 0.25) is 0 Å². The van der Waals surface area contributed by atoms with E-state index in [4.69, 9.17) is 9.47 Å². The summed E-state index contributed by atoms with van der Waals surface area (Å²) < 4.78 is 10.1. The quantitative estimate of drug-likeness (QED) is 0.794. The third kappa shape index (κ3) is 4.13. The van der Waals surface area contributed by atoms with E-state index in [1.165, 1.54) is 11.1 Å². The lowest BCUT2D eigenvalue weighted by molar-refractivity contribution is 0.411. The van der Waals surface area contributed by atoms with Crippen molar-refractivity contribution >= 4 is 0 Å². The van der Waals surface area contributed by atoms with Gasteiger partial charge in [0.1, 0.15) is 11.5 Å². The van der Waals surface area contributed by atoms with Crippen LogP contribution in [-0.2, 0) is 0 Å². The van der Waals surface area contributed by atoms with E-state index in [1.54, 1.807) is 14.2 Å². The molecule has 0 bridgehead atoms. The average molecular weight is 244 g/mol. The van der Waals surface area contributed by atoms with Gasteiger partial charge in [-0.3, -0.25) is 0 Å². The molecule has 18 heavy (non-hydrogen) atoms. The normalized spacial score (nSPS) is 9.11. The molecule has 0 aliphatic heterocycles. The topological polar surface area (TPSA) is 18.5 Å². The molecule has 0 aliphatic rings. The highest BCUT2D eigenvalue weighted by Crippen LogP contribution is 2.15. The van der Waals surface area contributed by atoms with E-state index in [9.17, 15) is 0 Å². The summed E-state index contributed by atoms with van der Waals surface area (Å²) in [6.45, 7) is 4.05. The van der Waals surface area contributed by atoms with Crippen molar-refractivity contribution in [1.82, 2.24) is 0 Å². The van der Waals surface area contributed by atoms with Gasteiger partial charge in [-0.15, -0.1) is 0 Å². The zero-order valence-electron chi connectivity index (χ0n) is 11.4. The predicted molar refractivity (Wildman–Crippen MR) is 75.5 cm³/mol. The minimum Gasteiger partial charge on any atom is -0.496 e. The summed E-state index contributed by atoms with van der Waals surface area (Å²) >= 11 is 0. The lowest BCUT2D eigenvalue weighted by Gasteiger charge is -2.00. The van der Waals surface area contributed by atoms with Crippen LogP contribution in [-0.4, -0.2) is 14.2 Å². The van der Waals surface area contributed by atoms with Gasteiger partial charge in [0.05, 0.1) is 14.2 Å². The van der Waals surface area contributed by atoms with Crippen LogP contribution in [0, 0.1) is 13.8 Å². The molecule has 2 rings (SSSR count). The molecule has 2 aromatic rings. The van der Waals surface area contributed by atoms with Crippen molar-refractivity contribution in [3.05, 3.63) is 59.7 Å². The maximum Gasteiger partial charge on any atom is 0.121 e. The highest BCUT2D eigenvalue weighted by Gasteiger charge is 1.91. The molecule has 96 valence electrons. The van der Waals surface area contributed by atoms with Gasteiger partial charge in [-0.1, -0.05) is 36.4 Å². The van der Waals surface area contributed by atoms with Gasteiger partial charge in [0, 0.05) is 0 Å².